The third-order valence-electron chi connectivity index (χ3n) is 16.5. The van der Waals surface area contributed by atoms with Crippen molar-refractivity contribution < 1.29 is 42.8 Å². The summed E-state index contributed by atoms with van der Waals surface area (Å²) in [5.41, 5.74) is 0. The Morgan fingerprint density at radius 3 is 0.549 bits per heavy atom. The van der Waals surface area contributed by atoms with Gasteiger partial charge in [-0.2, -0.15) is 0 Å². The van der Waals surface area contributed by atoms with Crippen LogP contribution in [0.25, 0.3) is 32.3 Å². The number of hydrogen-bond donors (Lipinski definition) is 2. The van der Waals surface area contributed by atoms with Crippen LogP contribution in [0.2, 0.25) is 0 Å². The van der Waals surface area contributed by atoms with Crippen LogP contribution in [0.5, 0.6) is 34.5 Å². The molecule has 0 amide bonds. The monoisotopic (exact) mass is 1160 g/mol. The predicted octanol–water partition coefficient (Wildman–Crippen LogP) is 23.1. The Kier molecular flexibility index (Phi) is 39.8. The van der Waals surface area contributed by atoms with Gasteiger partial charge in [0.1, 0.15) is 0 Å². The third kappa shape index (κ3) is 30.1. The summed E-state index contributed by atoms with van der Waals surface area (Å²) in [5, 5.41) is 6.68. The molecule has 0 bridgehead atoms. The maximum absolute atomic E-state index is 11.1. The van der Waals surface area contributed by atoms with Gasteiger partial charge in [-0.15, -0.1) is 0 Å². The highest BCUT2D eigenvalue weighted by Crippen LogP contribution is 2.47. The van der Waals surface area contributed by atoms with E-state index in [2.05, 4.69) is 71.0 Å². The van der Waals surface area contributed by atoms with Crippen molar-refractivity contribution >= 4 is 39.9 Å². The van der Waals surface area contributed by atoms with Crippen molar-refractivity contribution in [2.24, 2.45) is 0 Å². The van der Waals surface area contributed by atoms with E-state index in [9.17, 15) is 4.57 Å². The number of benzene rings is 4. The zero-order valence-electron chi connectivity index (χ0n) is 53.3. The number of ether oxygens (including phenoxy) is 6. The predicted molar refractivity (Wildman–Crippen MR) is 351 cm³/mol. The summed E-state index contributed by atoms with van der Waals surface area (Å²) in [6, 6.07) is 13.6. The third-order valence-corrected chi connectivity index (χ3v) is 17.4. The molecule has 468 valence electrons. The van der Waals surface area contributed by atoms with E-state index >= 15 is 0 Å². The van der Waals surface area contributed by atoms with Crippen molar-refractivity contribution in [2.75, 3.05) is 45.8 Å². The van der Waals surface area contributed by atoms with E-state index < -0.39 is 7.60 Å². The summed E-state index contributed by atoms with van der Waals surface area (Å²) in [6.07, 6.45) is 49.4. The van der Waals surface area contributed by atoms with Crippen molar-refractivity contribution in [1.29, 1.82) is 0 Å². The molecule has 4 aromatic rings. The summed E-state index contributed by atoms with van der Waals surface area (Å²) in [4.78, 5) is 18.2. The van der Waals surface area contributed by atoms with Crippen LogP contribution in [0.4, 0.5) is 0 Å². The second-order valence-corrected chi connectivity index (χ2v) is 25.9. The first-order valence-corrected chi connectivity index (χ1v) is 36.4. The second kappa shape index (κ2) is 45.9. The SMILES string of the molecule is CCCCCCCCOc1cc2c3cc(OCCCCCCCC)c(OCCCCCCCC)cc3c3cc(OCCCCCCCCCCCCCCP(=O)(O)O)c(OCCCCCCCC)cc3c2cc1OCCCCCCCC. The quantitative estimate of drug-likeness (QED) is 0.0253. The molecule has 0 aromatic heterocycles. The van der Waals surface area contributed by atoms with Gasteiger partial charge in [-0.25, -0.2) is 0 Å². The van der Waals surface area contributed by atoms with E-state index in [1.807, 2.05) is 0 Å². The lowest BCUT2D eigenvalue weighted by molar-refractivity contribution is 0.258. The lowest BCUT2D eigenvalue weighted by Gasteiger charge is -2.21. The molecule has 0 saturated carbocycles. The van der Waals surface area contributed by atoms with E-state index in [-0.39, 0.29) is 6.16 Å². The molecule has 0 aliphatic heterocycles. The maximum atomic E-state index is 11.1. The number of fused-ring (bicyclic) bond motifs is 6. The Labute approximate surface area is 501 Å². The molecule has 4 aromatic carbocycles. The number of unbranched alkanes of at least 4 members (excludes halogenated alkanes) is 36. The van der Waals surface area contributed by atoms with E-state index in [1.54, 1.807) is 0 Å². The van der Waals surface area contributed by atoms with Gasteiger partial charge in [0, 0.05) is 6.16 Å². The van der Waals surface area contributed by atoms with Gasteiger partial charge in [0.2, 0.25) is 0 Å². The van der Waals surface area contributed by atoms with Crippen molar-refractivity contribution in [1.82, 2.24) is 0 Å². The molecule has 0 unspecified atom stereocenters. The molecule has 0 fully saturated rings. The summed E-state index contributed by atoms with van der Waals surface area (Å²) < 4.78 is 52.1. The van der Waals surface area contributed by atoms with E-state index in [1.165, 1.54) is 173 Å². The summed E-state index contributed by atoms with van der Waals surface area (Å²) >= 11 is 0. The Morgan fingerprint density at radius 2 is 0.390 bits per heavy atom. The normalized spacial score (nSPS) is 11.8. The highest BCUT2D eigenvalue weighted by atomic mass is 31.2. The average molecular weight is 1160 g/mol. The molecular formula is C72H121O9P. The fraction of sp³-hybridized carbons (Fsp3) is 0.750. The Balaban J connectivity index is 1.74. The van der Waals surface area contributed by atoms with Crippen LogP contribution in [0, 0.1) is 0 Å². The molecule has 10 heteroatoms. The smallest absolute Gasteiger partial charge is 0.325 e. The highest BCUT2D eigenvalue weighted by molar-refractivity contribution is 7.51. The van der Waals surface area contributed by atoms with Crippen LogP contribution in [0.1, 0.15) is 304 Å². The van der Waals surface area contributed by atoms with Crippen LogP contribution in [-0.4, -0.2) is 55.6 Å². The van der Waals surface area contributed by atoms with Crippen molar-refractivity contribution in [3.05, 3.63) is 36.4 Å². The van der Waals surface area contributed by atoms with Crippen LogP contribution < -0.4 is 28.4 Å². The van der Waals surface area contributed by atoms with Crippen LogP contribution in [-0.2, 0) is 4.57 Å². The van der Waals surface area contributed by atoms with E-state index in [4.69, 9.17) is 38.2 Å². The first-order chi connectivity index (χ1) is 40.2. The molecule has 0 radical (unpaired) electrons. The van der Waals surface area contributed by atoms with Crippen LogP contribution in [0.15, 0.2) is 36.4 Å². The molecule has 9 nitrogen and oxygen atoms in total. The van der Waals surface area contributed by atoms with Crippen LogP contribution >= 0.6 is 7.60 Å². The summed E-state index contributed by atoms with van der Waals surface area (Å²) in [7, 11) is -3.86. The molecule has 0 aliphatic rings. The molecule has 82 heavy (non-hydrogen) atoms. The van der Waals surface area contributed by atoms with Crippen molar-refractivity contribution in [3.8, 4) is 34.5 Å². The zero-order chi connectivity index (χ0) is 58.6. The molecule has 0 spiro atoms. The topological polar surface area (TPSA) is 113 Å². The number of rotatable bonds is 56. The standard InChI is InChI=1S/C72H121O9P/c1-6-11-16-21-34-41-48-76-67-55-61-62-56-68(77-49-42-35-22-17-12-7-2)70(79-51-44-37-24-19-14-9-4)58-64(62)66-60-72(81-53-46-39-32-30-28-26-27-29-31-33-40-47-54-82(73,74)75)71(80-52-45-38-25-20-15-10-5)59-65(66)63(61)57-69(67)78-50-43-36-23-18-13-8-3/h55-60H,6-54H2,1-5H3,(H2,73,74,75). The van der Waals surface area contributed by atoms with Gasteiger partial charge in [-0.1, -0.05) is 259 Å². The van der Waals surface area contributed by atoms with E-state index in [0.717, 1.165) is 157 Å². The minimum Gasteiger partial charge on any atom is -0.490 e. The lowest BCUT2D eigenvalue weighted by atomic mass is 9.93. The first kappa shape index (κ1) is 71.1. The number of hydrogen-bond acceptors (Lipinski definition) is 7. The van der Waals surface area contributed by atoms with Gasteiger partial charge in [0.05, 0.1) is 39.6 Å². The van der Waals surface area contributed by atoms with Crippen LogP contribution in [0.3, 0.4) is 0 Å². The van der Waals surface area contributed by atoms with E-state index in [0.29, 0.717) is 46.1 Å². The Bertz CT molecular complexity index is 2220. The highest BCUT2D eigenvalue weighted by Gasteiger charge is 2.21. The van der Waals surface area contributed by atoms with Gasteiger partial charge < -0.3 is 38.2 Å². The van der Waals surface area contributed by atoms with Gasteiger partial charge >= 0.3 is 7.60 Å². The molecule has 0 atom stereocenters. The minimum absolute atomic E-state index is 0.0164. The average Bonchev–Trinajstić information content (AvgIpc) is 2.06. The minimum atomic E-state index is -3.86. The van der Waals surface area contributed by atoms with Gasteiger partial charge in [0.15, 0.2) is 34.5 Å². The summed E-state index contributed by atoms with van der Waals surface area (Å²) in [5.74, 6) is 4.87. The molecule has 4 rings (SSSR count). The van der Waals surface area contributed by atoms with Crippen molar-refractivity contribution in [2.45, 2.75) is 304 Å². The first-order valence-electron chi connectivity index (χ1n) is 34.6. The molecular weight excluding hydrogens is 1040 g/mol. The Hall–Kier alpha value is -3.39. The molecule has 0 saturated heterocycles. The molecule has 2 N–H and O–H groups in total. The lowest BCUT2D eigenvalue weighted by Crippen LogP contribution is -2.05. The zero-order valence-corrected chi connectivity index (χ0v) is 54.2. The van der Waals surface area contributed by atoms with Gasteiger partial charge in [0.25, 0.3) is 0 Å². The van der Waals surface area contributed by atoms with Gasteiger partial charge in [-0.05, 0) is 114 Å². The maximum Gasteiger partial charge on any atom is 0.325 e. The summed E-state index contributed by atoms with van der Waals surface area (Å²) in [6.45, 7) is 15.3. The van der Waals surface area contributed by atoms with Gasteiger partial charge in [-0.3, -0.25) is 4.57 Å². The fourth-order valence-corrected chi connectivity index (χ4v) is 12.0. The second-order valence-electron chi connectivity index (χ2n) is 24.1. The largest absolute Gasteiger partial charge is 0.490 e. The Morgan fingerprint density at radius 1 is 0.244 bits per heavy atom. The molecule has 0 aliphatic carbocycles. The molecule has 0 heterocycles. The fourth-order valence-electron chi connectivity index (χ4n) is 11.4. The van der Waals surface area contributed by atoms with Crippen molar-refractivity contribution in [3.63, 3.8) is 0 Å².